The molecular weight excluding hydrogens is 333 g/mol. The monoisotopic (exact) mass is 353 g/mol. The smallest absolute Gasteiger partial charge is 0.264 e. The number of rotatable bonds is 4. The third kappa shape index (κ3) is 3.66. The minimum absolute atomic E-state index is 0.160. The molecule has 0 spiro atoms. The number of nitrogens with zero attached hydrogens (tertiary/aromatic N) is 2. The summed E-state index contributed by atoms with van der Waals surface area (Å²) in [7, 11) is -3.66. The second kappa shape index (κ2) is 7.00. The summed E-state index contributed by atoms with van der Waals surface area (Å²) in [6.45, 7) is 6.15. The Morgan fingerprint density at radius 1 is 1.25 bits per heavy atom. The first-order valence-electron chi connectivity index (χ1n) is 7.82. The number of hydrogen-bond acceptors (Lipinski definition) is 5. The molecule has 2 aliphatic rings. The minimum Gasteiger partial charge on any atom is -0.379 e. The van der Waals surface area contributed by atoms with Crippen LogP contribution in [0.5, 0.6) is 0 Å². The number of benzene rings is 1. The Morgan fingerprint density at radius 3 is 2.58 bits per heavy atom. The minimum atomic E-state index is -3.66. The number of amidine groups is 1. The maximum absolute atomic E-state index is 13.1. The van der Waals surface area contributed by atoms with Crippen LogP contribution in [0.3, 0.4) is 0 Å². The van der Waals surface area contributed by atoms with Crippen molar-refractivity contribution in [2.24, 2.45) is 4.99 Å². The third-order valence-corrected chi connectivity index (χ3v) is 5.63. The molecule has 0 aliphatic carbocycles. The lowest BCUT2D eigenvalue weighted by atomic mass is 10.1. The van der Waals surface area contributed by atoms with Crippen molar-refractivity contribution < 1.29 is 17.5 Å². The van der Waals surface area contributed by atoms with Crippen LogP contribution in [0.4, 0.5) is 4.39 Å². The van der Waals surface area contributed by atoms with Gasteiger partial charge in [0.05, 0.1) is 19.8 Å². The van der Waals surface area contributed by atoms with Gasteiger partial charge in [-0.25, -0.2) is 12.8 Å². The van der Waals surface area contributed by atoms with Gasteiger partial charge in [-0.3, -0.25) is 14.6 Å². The number of sulfonamides is 1. The molecule has 0 atom stereocenters. The zero-order chi connectivity index (χ0) is 17.2. The summed E-state index contributed by atoms with van der Waals surface area (Å²) >= 11 is 0. The van der Waals surface area contributed by atoms with E-state index in [1.54, 1.807) is 6.92 Å². The van der Waals surface area contributed by atoms with Crippen molar-refractivity contribution in [3.8, 4) is 0 Å². The van der Waals surface area contributed by atoms with Gasteiger partial charge in [0.1, 0.15) is 16.6 Å². The van der Waals surface area contributed by atoms with Crippen LogP contribution >= 0.6 is 0 Å². The topological polar surface area (TPSA) is 71.0 Å². The lowest BCUT2D eigenvalue weighted by Gasteiger charge is -2.25. The first-order chi connectivity index (χ1) is 11.5. The molecule has 6 nitrogen and oxygen atoms in total. The highest BCUT2D eigenvalue weighted by atomic mass is 32.2. The molecule has 0 radical (unpaired) electrons. The summed E-state index contributed by atoms with van der Waals surface area (Å²) in [4.78, 5) is 6.79. The van der Waals surface area contributed by atoms with Crippen molar-refractivity contribution in [2.75, 3.05) is 39.4 Å². The molecule has 1 aromatic carbocycles. The van der Waals surface area contributed by atoms with Crippen LogP contribution in [0, 0.1) is 5.82 Å². The van der Waals surface area contributed by atoms with E-state index in [-0.39, 0.29) is 4.91 Å². The summed E-state index contributed by atoms with van der Waals surface area (Å²) in [6.07, 6.45) is 0. The van der Waals surface area contributed by atoms with Gasteiger partial charge in [0.15, 0.2) is 0 Å². The molecule has 0 amide bonds. The molecule has 2 aliphatic heterocycles. The predicted octanol–water partition coefficient (Wildman–Crippen LogP) is 1.22. The highest BCUT2D eigenvalue weighted by Crippen LogP contribution is 2.29. The van der Waals surface area contributed by atoms with E-state index < -0.39 is 15.8 Å². The van der Waals surface area contributed by atoms with E-state index in [4.69, 9.17) is 4.74 Å². The molecule has 3 rings (SSSR count). The van der Waals surface area contributed by atoms with Crippen molar-refractivity contribution in [1.29, 1.82) is 0 Å². The zero-order valence-corrected chi connectivity index (χ0v) is 14.3. The first kappa shape index (κ1) is 17.1. The molecule has 24 heavy (non-hydrogen) atoms. The van der Waals surface area contributed by atoms with Crippen molar-refractivity contribution in [3.05, 3.63) is 41.2 Å². The van der Waals surface area contributed by atoms with Crippen molar-refractivity contribution in [1.82, 2.24) is 9.62 Å². The second-order valence-corrected chi connectivity index (χ2v) is 7.37. The van der Waals surface area contributed by atoms with Crippen LogP contribution in [-0.4, -0.2) is 58.5 Å². The molecule has 1 aromatic rings. The van der Waals surface area contributed by atoms with E-state index in [1.807, 2.05) is 0 Å². The van der Waals surface area contributed by atoms with Gasteiger partial charge in [0.25, 0.3) is 10.0 Å². The van der Waals surface area contributed by atoms with E-state index in [9.17, 15) is 12.8 Å². The molecule has 1 saturated heterocycles. The summed E-state index contributed by atoms with van der Waals surface area (Å²) < 4.78 is 45.6. The van der Waals surface area contributed by atoms with Gasteiger partial charge >= 0.3 is 0 Å². The number of hydrogen-bond donors (Lipinski definition) is 1. The first-order valence-corrected chi connectivity index (χ1v) is 9.30. The number of morpholine rings is 1. The molecule has 130 valence electrons. The molecular formula is C16H20FN3O3S. The molecule has 1 fully saturated rings. The summed E-state index contributed by atoms with van der Waals surface area (Å²) in [5, 5.41) is 0. The summed E-state index contributed by atoms with van der Waals surface area (Å²) in [5.74, 6) is -0.0395. The fourth-order valence-corrected chi connectivity index (χ4v) is 4.34. The van der Waals surface area contributed by atoms with E-state index in [1.165, 1.54) is 24.3 Å². The maximum Gasteiger partial charge on any atom is 0.264 e. The Hall–Kier alpha value is -1.77. The SMILES string of the molecule is CC1=C(c2ccc(F)cc2)S(=O)(=O)NC1=NCCN1CCOCC1. The van der Waals surface area contributed by atoms with Crippen LogP contribution in [0.25, 0.3) is 4.91 Å². The number of halogens is 1. The van der Waals surface area contributed by atoms with E-state index in [2.05, 4.69) is 14.6 Å². The highest BCUT2D eigenvalue weighted by Gasteiger charge is 2.32. The van der Waals surface area contributed by atoms with Gasteiger partial charge in [-0.15, -0.1) is 0 Å². The third-order valence-electron chi connectivity index (χ3n) is 4.09. The average Bonchev–Trinajstić information content (AvgIpc) is 2.79. The lowest BCUT2D eigenvalue weighted by molar-refractivity contribution is 0.0394. The standard InChI is InChI=1S/C16H20FN3O3S/c1-12-15(13-2-4-14(17)5-3-13)24(21,22)19-16(12)18-6-7-20-8-10-23-11-9-20/h2-5H,6-11H2,1H3,(H,18,19). The van der Waals surface area contributed by atoms with Crippen LogP contribution < -0.4 is 4.72 Å². The van der Waals surface area contributed by atoms with Gasteiger partial charge in [0, 0.05) is 25.2 Å². The molecule has 0 unspecified atom stereocenters. The number of ether oxygens (including phenoxy) is 1. The molecule has 0 bridgehead atoms. The number of nitrogens with one attached hydrogen (secondary N) is 1. The largest absolute Gasteiger partial charge is 0.379 e. The fraction of sp³-hybridized carbons (Fsp3) is 0.438. The Labute approximate surface area is 141 Å². The van der Waals surface area contributed by atoms with Crippen molar-refractivity contribution in [2.45, 2.75) is 6.92 Å². The van der Waals surface area contributed by atoms with Crippen molar-refractivity contribution in [3.63, 3.8) is 0 Å². The van der Waals surface area contributed by atoms with Gasteiger partial charge in [-0.2, -0.15) is 0 Å². The fourth-order valence-electron chi connectivity index (χ4n) is 2.82. The van der Waals surface area contributed by atoms with Crippen LogP contribution in [-0.2, 0) is 14.8 Å². The van der Waals surface area contributed by atoms with E-state index in [0.717, 1.165) is 32.8 Å². The van der Waals surface area contributed by atoms with Crippen molar-refractivity contribution >= 4 is 20.8 Å². The van der Waals surface area contributed by atoms with Crippen LogP contribution in [0.15, 0.2) is 34.8 Å². The Balaban J connectivity index is 1.77. The molecule has 8 heteroatoms. The van der Waals surface area contributed by atoms with Crippen LogP contribution in [0.2, 0.25) is 0 Å². The molecule has 2 heterocycles. The molecule has 0 aromatic heterocycles. The maximum atomic E-state index is 13.1. The Kier molecular flexibility index (Phi) is 4.98. The normalized spacial score (nSPS) is 22.8. The summed E-state index contributed by atoms with van der Waals surface area (Å²) in [5.41, 5.74) is 1.02. The Morgan fingerprint density at radius 2 is 1.92 bits per heavy atom. The predicted molar refractivity (Wildman–Crippen MR) is 90.6 cm³/mol. The Bertz CT molecular complexity index is 766. The quantitative estimate of drug-likeness (QED) is 0.884. The second-order valence-electron chi connectivity index (χ2n) is 5.75. The highest BCUT2D eigenvalue weighted by molar-refractivity contribution is 8.00. The van der Waals surface area contributed by atoms with E-state index >= 15 is 0 Å². The van der Waals surface area contributed by atoms with Crippen LogP contribution in [0.1, 0.15) is 12.5 Å². The zero-order valence-electron chi connectivity index (χ0n) is 13.5. The van der Waals surface area contributed by atoms with Gasteiger partial charge in [-0.1, -0.05) is 12.1 Å². The van der Waals surface area contributed by atoms with Gasteiger partial charge in [-0.05, 0) is 24.6 Å². The number of aliphatic imine (C=N–C) groups is 1. The molecule has 1 N–H and O–H groups in total. The lowest BCUT2D eigenvalue weighted by Crippen LogP contribution is -2.38. The van der Waals surface area contributed by atoms with Gasteiger partial charge < -0.3 is 4.74 Å². The van der Waals surface area contributed by atoms with Gasteiger partial charge in [0.2, 0.25) is 0 Å². The average molecular weight is 353 g/mol. The summed E-state index contributed by atoms with van der Waals surface area (Å²) in [6, 6.07) is 5.42. The molecule has 0 saturated carbocycles. The van der Waals surface area contributed by atoms with E-state index in [0.29, 0.717) is 23.5 Å².